The van der Waals surface area contributed by atoms with Gasteiger partial charge in [-0.3, -0.25) is 29.6 Å². The maximum absolute atomic E-state index is 13.9. The van der Waals surface area contributed by atoms with Gasteiger partial charge in [-0.15, -0.1) is 0 Å². The molecule has 224 valence electrons. The van der Waals surface area contributed by atoms with E-state index >= 15 is 0 Å². The van der Waals surface area contributed by atoms with Gasteiger partial charge >= 0.3 is 5.97 Å². The minimum atomic E-state index is -0.983. The van der Waals surface area contributed by atoms with Gasteiger partial charge in [0.05, 0.1) is 38.3 Å². The summed E-state index contributed by atoms with van der Waals surface area (Å²) in [6.07, 6.45) is 1.68. The summed E-state index contributed by atoms with van der Waals surface area (Å²) in [6.45, 7) is 5.21. The minimum Gasteiger partial charge on any atom is -0.489 e. The molecule has 0 amide bonds. The van der Waals surface area contributed by atoms with Crippen molar-refractivity contribution in [3.8, 4) is 5.75 Å². The number of esters is 1. The largest absolute Gasteiger partial charge is 0.489 e. The van der Waals surface area contributed by atoms with Crippen molar-refractivity contribution in [1.29, 1.82) is 0 Å². The minimum absolute atomic E-state index is 0.00961. The fourth-order valence-electron chi connectivity index (χ4n) is 4.83. The molecule has 3 aromatic carbocycles. The number of hydrogen-bond acceptors (Lipinski definition) is 10. The van der Waals surface area contributed by atoms with E-state index in [-0.39, 0.29) is 30.2 Å². The third-order valence-electron chi connectivity index (χ3n) is 6.97. The fraction of sp³-hybridized carbons (Fsp3) is 0.194. The maximum Gasteiger partial charge on any atom is 0.338 e. The van der Waals surface area contributed by atoms with Crippen LogP contribution in [-0.2, 0) is 16.1 Å². The number of nitro groups is 2. The number of ether oxygens (including phenoxy) is 2. The van der Waals surface area contributed by atoms with E-state index in [1.807, 2.05) is 0 Å². The van der Waals surface area contributed by atoms with E-state index < -0.39 is 27.4 Å². The van der Waals surface area contributed by atoms with Crippen LogP contribution in [0.4, 0.5) is 11.4 Å². The molecule has 1 aliphatic heterocycles. The number of aryl methyl sites for hydroxylation is 1. The van der Waals surface area contributed by atoms with E-state index in [1.165, 1.54) is 22.8 Å². The molecular weight excluding hydrogens is 588 g/mol. The Morgan fingerprint density at radius 3 is 2.48 bits per heavy atom. The normalized spacial score (nSPS) is 14.5. The van der Waals surface area contributed by atoms with Gasteiger partial charge in [0.1, 0.15) is 12.4 Å². The zero-order valence-electron chi connectivity index (χ0n) is 23.9. The highest BCUT2D eigenvalue weighted by Gasteiger charge is 2.34. The number of hydrogen-bond donors (Lipinski definition) is 0. The summed E-state index contributed by atoms with van der Waals surface area (Å²) < 4.78 is 12.9. The first-order chi connectivity index (χ1) is 21.1. The second-order valence-corrected chi connectivity index (χ2v) is 10.9. The highest BCUT2D eigenvalue weighted by Crippen LogP contribution is 2.33. The molecule has 0 bridgehead atoms. The predicted octanol–water partition coefficient (Wildman–Crippen LogP) is 4.50. The average Bonchev–Trinajstić information content (AvgIpc) is 3.29. The van der Waals surface area contributed by atoms with E-state index in [0.29, 0.717) is 37.5 Å². The molecule has 1 atom stereocenters. The number of allylic oxidation sites excluding steroid dienone is 1. The molecule has 0 spiro atoms. The van der Waals surface area contributed by atoms with Crippen molar-refractivity contribution >= 4 is 34.8 Å². The number of benzene rings is 3. The third-order valence-corrected chi connectivity index (χ3v) is 7.95. The number of carbonyl (C=O) groups is 1. The van der Waals surface area contributed by atoms with Crippen LogP contribution >= 0.6 is 11.3 Å². The molecule has 0 radical (unpaired) electrons. The monoisotopic (exact) mass is 614 g/mol. The molecule has 0 N–H and O–H groups in total. The van der Waals surface area contributed by atoms with Crippen LogP contribution in [-0.4, -0.2) is 27.0 Å². The maximum atomic E-state index is 13.9. The summed E-state index contributed by atoms with van der Waals surface area (Å²) in [5, 5.41) is 22.6. The van der Waals surface area contributed by atoms with Gasteiger partial charge in [0.15, 0.2) is 4.80 Å². The predicted molar refractivity (Wildman–Crippen MR) is 162 cm³/mol. The lowest BCUT2D eigenvalue weighted by molar-refractivity contribution is -0.385. The molecule has 5 rings (SSSR count). The second-order valence-electron chi connectivity index (χ2n) is 9.89. The first-order valence-electron chi connectivity index (χ1n) is 13.5. The Morgan fingerprint density at radius 2 is 1.80 bits per heavy atom. The van der Waals surface area contributed by atoms with Crippen molar-refractivity contribution in [2.45, 2.75) is 33.4 Å². The van der Waals surface area contributed by atoms with Crippen LogP contribution in [0.2, 0.25) is 0 Å². The summed E-state index contributed by atoms with van der Waals surface area (Å²) in [5.41, 5.74) is 2.16. The number of non-ortho nitro benzene ring substituents is 1. The number of carbonyl (C=O) groups excluding carboxylic acids is 1. The van der Waals surface area contributed by atoms with E-state index in [9.17, 15) is 29.8 Å². The average molecular weight is 615 g/mol. The lowest BCUT2D eigenvalue weighted by Crippen LogP contribution is -2.40. The van der Waals surface area contributed by atoms with Crippen molar-refractivity contribution in [3.63, 3.8) is 0 Å². The van der Waals surface area contributed by atoms with Crippen LogP contribution in [0.3, 0.4) is 0 Å². The lowest BCUT2D eigenvalue weighted by Gasteiger charge is -2.24. The molecule has 13 heteroatoms. The standard InChI is InChI=1S/C31H26N4O8S/c1-4-42-30(37)27-19(3)32-31-33(28(27)22-11-8-18(2)25(16-22)35(40)41)29(36)26(44-31)15-21-6-5-7-24(14-21)43-17-20-9-12-23(13-10-20)34(38)39/h5-16,28H,4,17H2,1-3H3/b26-15+/t28-/m0/s1. The molecule has 0 aliphatic carbocycles. The van der Waals surface area contributed by atoms with Gasteiger partial charge in [-0.05, 0) is 67.8 Å². The van der Waals surface area contributed by atoms with Gasteiger partial charge in [-0.2, -0.15) is 0 Å². The van der Waals surface area contributed by atoms with E-state index in [0.717, 1.165) is 16.9 Å². The zero-order valence-corrected chi connectivity index (χ0v) is 24.7. The highest BCUT2D eigenvalue weighted by atomic mass is 32.1. The Hall–Kier alpha value is -5.43. The summed E-state index contributed by atoms with van der Waals surface area (Å²) in [4.78, 5) is 53.5. The van der Waals surface area contributed by atoms with Crippen molar-refractivity contribution in [2.24, 2.45) is 4.99 Å². The summed E-state index contributed by atoms with van der Waals surface area (Å²) >= 11 is 1.13. The van der Waals surface area contributed by atoms with Crippen LogP contribution in [0.5, 0.6) is 5.75 Å². The van der Waals surface area contributed by atoms with E-state index in [1.54, 1.807) is 75.4 Å². The highest BCUT2D eigenvalue weighted by molar-refractivity contribution is 7.07. The molecule has 0 saturated heterocycles. The Kier molecular flexibility index (Phi) is 8.49. The Labute approximate surface area is 254 Å². The molecule has 1 aromatic heterocycles. The SMILES string of the molecule is CCOC(=O)C1=C(C)N=c2s/c(=C/c3cccc(OCc4ccc([N+](=O)[O-])cc4)c3)c(=O)n2[C@H]1c1ccc(C)c([N+](=O)[O-])c1. The van der Waals surface area contributed by atoms with Crippen LogP contribution in [0.25, 0.3) is 6.08 Å². The number of nitrogens with zero attached hydrogens (tertiary/aromatic N) is 4. The first kappa shape index (κ1) is 30.0. The lowest BCUT2D eigenvalue weighted by atomic mass is 9.94. The van der Waals surface area contributed by atoms with Crippen LogP contribution < -0.4 is 19.6 Å². The van der Waals surface area contributed by atoms with Gasteiger partial charge in [0.2, 0.25) is 0 Å². The molecule has 0 saturated carbocycles. The Balaban J connectivity index is 1.54. The fourth-order valence-corrected chi connectivity index (χ4v) is 5.87. The molecule has 2 heterocycles. The van der Waals surface area contributed by atoms with Gasteiger partial charge in [0.25, 0.3) is 16.9 Å². The van der Waals surface area contributed by atoms with Crippen molar-refractivity contribution < 1.29 is 24.1 Å². The number of rotatable bonds is 9. The molecule has 1 aliphatic rings. The second kappa shape index (κ2) is 12.4. The molecule has 4 aromatic rings. The number of thiazole rings is 1. The number of aromatic nitrogens is 1. The molecular formula is C31H26N4O8S. The van der Waals surface area contributed by atoms with Crippen molar-refractivity contribution in [2.75, 3.05) is 6.61 Å². The Morgan fingerprint density at radius 1 is 1.05 bits per heavy atom. The molecule has 44 heavy (non-hydrogen) atoms. The van der Waals surface area contributed by atoms with Crippen LogP contribution in [0, 0.1) is 27.2 Å². The summed E-state index contributed by atoms with van der Waals surface area (Å²) in [6, 6.07) is 16.8. The Bertz CT molecular complexity index is 2010. The summed E-state index contributed by atoms with van der Waals surface area (Å²) in [5.74, 6) is -0.135. The van der Waals surface area contributed by atoms with Crippen LogP contribution in [0.1, 0.15) is 42.1 Å². The smallest absolute Gasteiger partial charge is 0.338 e. The quantitative estimate of drug-likeness (QED) is 0.152. The van der Waals surface area contributed by atoms with Crippen molar-refractivity contribution in [1.82, 2.24) is 4.57 Å². The third kappa shape index (κ3) is 6.03. The van der Waals surface area contributed by atoms with E-state index in [4.69, 9.17) is 9.47 Å². The van der Waals surface area contributed by atoms with Gasteiger partial charge in [0, 0.05) is 23.8 Å². The van der Waals surface area contributed by atoms with Crippen LogP contribution in [0.15, 0.2) is 87.8 Å². The van der Waals surface area contributed by atoms with Crippen molar-refractivity contribution in [3.05, 3.63) is 140 Å². The zero-order chi connectivity index (χ0) is 31.5. The molecule has 12 nitrogen and oxygen atoms in total. The van der Waals surface area contributed by atoms with Gasteiger partial charge in [-0.1, -0.05) is 35.6 Å². The van der Waals surface area contributed by atoms with Gasteiger partial charge < -0.3 is 9.47 Å². The molecule has 0 fully saturated rings. The number of fused-ring (bicyclic) bond motifs is 1. The van der Waals surface area contributed by atoms with Gasteiger partial charge in [-0.25, -0.2) is 9.79 Å². The van der Waals surface area contributed by atoms with E-state index in [2.05, 4.69) is 4.99 Å². The number of nitro benzene ring substituents is 2. The topological polar surface area (TPSA) is 156 Å². The summed E-state index contributed by atoms with van der Waals surface area (Å²) in [7, 11) is 0. The first-order valence-corrected chi connectivity index (χ1v) is 14.3. The molecule has 0 unspecified atom stereocenters.